The molecule has 0 aromatic heterocycles. The van der Waals surface area contributed by atoms with Crippen molar-refractivity contribution in [3.63, 3.8) is 0 Å². The smallest absolute Gasteiger partial charge is 0.0918 e. The third kappa shape index (κ3) is 2.11. The summed E-state index contributed by atoms with van der Waals surface area (Å²) in [5, 5.41) is 10.4. The molecule has 1 unspecified atom stereocenters. The van der Waals surface area contributed by atoms with E-state index in [4.69, 9.17) is 17.3 Å². The molecule has 3 N–H and O–H groups in total. The number of aliphatic hydroxyl groups excluding tert-OH is 1. The van der Waals surface area contributed by atoms with E-state index in [1.165, 1.54) is 0 Å². The number of aliphatic hydroxyl groups is 1. The molecule has 0 aliphatic heterocycles. The monoisotopic (exact) mass is 277 g/mol. The van der Waals surface area contributed by atoms with Crippen molar-refractivity contribution in [3.05, 3.63) is 32.3 Å². The van der Waals surface area contributed by atoms with Gasteiger partial charge in [0.15, 0.2) is 0 Å². The quantitative estimate of drug-likeness (QED) is 0.874. The molecule has 0 aliphatic carbocycles. The normalized spacial score (nSPS) is 13.0. The average molecular weight is 279 g/mol. The molecule has 0 aliphatic rings. The van der Waals surface area contributed by atoms with Gasteiger partial charge in [0.25, 0.3) is 0 Å². The Labute approximate surface area is 97.2 Å². The van der Waals surface area contributed by atoms with E-state index in [1.807, 2.05) is 19.9 Å². The van der Waals surface area contributed by atoms with Crippen molar-refractivity contribution in [1.82, 2.24) is 0 Å². The lowest BCUT2D eigenvalue weighted by atomic mass is 9.98. The van der Waals surface area contributed by atoms with Gasteiger partial charge < -0.3 is 10.8 Å². The summed E-state index contributed by atoms with van der Waals surface area (Å²) in [5.41, 5.74) is 8.14. The maximum atomic E-state index is 9.74. The molecule has 1 atom stereocenters. The van der Waals surface area contributed by atoms with Crippen LogP contribution in [0.1, 0.15) is 22.8 Å². The molecule has 4 heteroatoms. The van der Waals surface area contributed by atoms with Gasteiger partial charge in [0.05, 0.1) is 6.10 Å². The molecule has 0 saturated heterocycles. The van der Waals surface area contributed by atoms with E-state index >= 15 is 0 Å². The number of nitrogens with two attached hydrogens (primary N) is 1. The second-order valence-electron chi connectivity index (χ2n) is 3.26. The molecular formula is C10H13BrClNO. The zero-order valence-electron chi connectivity index (χ0n) is 8.14. The van der Waals surface area contributed by atoms with Crippen LogP contribution in [-0.2, 0) is 0 Å². The molecule has 0 fully saturated rings. The molecule has 0 radical (unpaired) electrons. The maximum absolute atomic E-state index is 9.74. The molecule has 2 nitrogen and oxygen atoms in total. The highest BCUT2D eigenvalue weighted by Crippen LogP contribution is 2.32. The van der Waals surface area contributed by atoms with Gasteiger partial charge >= 0.3 is 0 Å². The Kier molecular flexibility index (Phi) is 3.95. The van der Waals surface area contributed by atoms with E-state index in [1.54, 1.807) is 0 Å². The number of halogens is 2. The van der Waals surface area contributed by atoms with Crippen LogP contribution in [-0.4, -0.2) is 11.7 Å². The maximum Gasteiger partial charge on any atom is 0.0918 e. The first-order valence-corrected chi connectivity index (χ1v) is 5.49. The average Bonchev–Trinajstić information content (AvgIpc) is 2.15. The fourth-order valence-corrected chi connectivity index (χ4v) is 2.27. The number of rotatable bonds is 2. The summed E-state index contributed by atoms with van der Waals surface area (Å²) in [6.45, 7) is 4.02. The Morgan fingerprint density at radius 1 is 1.50 bits per heavy atom. The van der Waals surface area contributed by atoms with Crippen LogP contribution in [0.4, 0.5) is 0 Å². The minimum absolute atomic E-state index is 0.203. The molecule has 0 spiro atoms. The first-order chi connectivity index (χ1) is 6.49. The van der Waals surface area contributed by atoms with Crippen LogP contribution in [0.25, 0.3) is 0 Å². The summed E-state index contributed by atoms with van der Waals surface area (Å²) in [7, 11) is 0. The Hall–Kier alpha value is -0.0900. The van der Waals surface area contributed by atoms with Gasteiger partial charge in [-0.25, -0.2) is 0 Å². The lowest BCUT2D eigenvalue weighted by Crippen LogP contribution is -2.14. The van der Waals surface area contributed by atoms with Gasteiger partial charge in [-0.1, -0.05) is 27.5 Å². The lowest BCUT2D eigenvalue weighted by Gasteiger charge is -2.17. The number of hydrogen-bond acceptors (Lipinski definition) is 2. The molecule has 78 valence electrons. The Morgan fingerprint density at radius 3 is 2.57 bits per heavy atom. The minimum Gasteiger partial charge on any atom is -0.387 e. The standard InChI is InChI=1S/C10H13BrClNO/c1-5-7(11)3-8(12)6(2)10(5)9(14)4-13/h3,9,14H,4,13H2,1-2H3. The van der Waals surface area contributed by atoms with Crippen molar-refractivity contribution >= 4 is 27.5 Å². The van der Waals surface area contributed by atoms with Crippen molar-refractivity contribution in [2.45, 2.75) is 20.0 Å². The van der Waals surface area contributed by atoms with E-state index in [-0.39, 0.29) is 6.54 Å². The van der Waals surface area contributed by atoms with Crippen molar-refractivity contribution in [3.8, 4) is 0 Å². The summed E-state index contributed by atoms with van der Waals surface area (Å²) in [6, 6.07) is 1.83. The Balaban J connectivity index is 3.39. The van der Waals surface area contributed by atoms with E-state index < -0.39 is 6.10 Å². The molecule has 1 rings (SSSR count). The second kappa shape index (κ2) is 4.62. The van der Waals surface area contributed by atoms with Crippen LogP contribution >= 0.6 is 27.5 Å². The fourth-order valence-electron chi connectivity index (χ4n) is 1.48. The van der Waals surface area contributed by atoms with Gasteiger partial charge in [0.2, 0.25) is 0 Å². The zero-order chi connectivity index (χ0) is 10.9. The topological polar surface area (TPSA) is 46.2 Å². The van der Waals surface area contributed by atoms with Crippen LogP contribution in [0.5, 0.6) is 0 Å². The highest BCUT2D eigenvalue weighted by atomic mass is 79.9. The molecule has 0 bridgehead atoms. The predicted molar refractivity (Wildman–Crippen MR) is 62.6 cm³/mol. The van der Waals surface area contributed by atoms with Gasteiger partial charge in [-0.15, -0.1) is 0 Å². The molecule has 0 amide bonds. The largest absolute Gasteiger partial charge is 0.387 e. The first-order valence-electron chi connectivity index (χ1n) is 4.32. The molecule has 0 saturated carbocycles. The first kappa shape index (κ1) is 12.0. The summed E-state index contributed by atoms with van der Waals surface area (Å²) in [5.74, 6) is 0. The van der Waals surface area contributed by atoms with Crippen LogP contribution in [0, 0.1) is 13.8 Å². The van der Waals surface area contributed by atoms with E-state index in [0.717, 1.165) is 21.2 Å². The molecule has 1 aromatic rings. The SMILES string of the molecule is Cc1c(Cl)cc(Br)c(C)c1C(O)CN. The van der Waals surface area contributed by atoms with Gasteiger partial charge in [0.1, 0.15) is 0 Å². The van der Waals surface area contributed by atoms with Crippen LogP contribution < -0.4 is 5.73 Å². The number of hydrogen-bond donors (Lipinski definition) is 2. The van der Waals surface area contributed by atoms with Gasteiger partial charge in [-0.3, -0.25) is 0 Å². The van der Waals surface area contributed by atoms with Crippen molar-refractivity contribution in [2.75, 3.05) is 6.54 Å². The molecule has 0 heterocycles. The van der Waals surface area contributed by atoms with Gasteiger partial charge in [0, 0.05) is 16.0 Å². The predicted octanol–water partition coefficient (Wildman–Crippen LogP) is 2.71. The van der Waals surface area contributed by atoms with Crippen molar-refractivity contribution in [1.29, 1.82) is 0 Å². The highest BCUT2D eigenvalue weighted by Gasteiger charge is 2.16. The zero-order valence-corrected chi connectivity index (χ0v) is 10.5. The van der Waals surface area contributed by atoms with Crippen LogP contribution in [0.3, 0.4) is 0 Å². The van der Waals surface area contributed by atoms with Crippen molar-refractivity contribution < 1.29 is 5.11 Å². The summed E-state index contributed by atoms with van der Waals surface area (Å²) >= 11 is 9.40. The van der Waals surface area contributed by atoms with Crippen LogP contribution in [0.2, 0.25) is 5.02 Å². The third-order valence-corrected chi connectivity index (χ3v) is 3.55. The third-order valence-electron chi connectivity index (χ3n) is 2.33. The van der Waals surface area contributed by atoms with E-state index in [9.17, 15) is 5.11 Å². The Bertz CT molecular complexity index is 328. The summed E-state index contributed by atoms with van der Waals surface area (Å²) in [4.78, 5) is 0. The van der Waals surface area contributed by atoms with E-state index in [2.05, 4.69) is 15.9 Å². The molecular weight excluding hydrogens is 265 g/mol. The summed E-state index contributed by atoms with van der Waals surface area (Å²) in [6.07, 6.45) is -0.648. The summed E-state index contributed by atoms with van der Waals surface area (Å²) < 4.78 is 0.899. The van der Waals surface area contributed by atoms with Gasteiger partial charge in [-0.2, -0.15) is 0 Å². The van der Waals surface area contributed by atoms with E-state index in [0.29, 0.717) is 5.02 Å². The van der Waals surface area contributed by atoms with Gasteiger partial charge in [-0.05, 0) is 36.6 Å². The molecule has 14 heavy (non-hydrogen) atoms. The highest BCUT2D eigenvalue weighted by molar-refractivity contribution is 9.10. The lowest BCUT2D eigenvalue weighted by molar-refractivity contribution is 0.185. The second-order valence-corrected chi connectivity index (χ2v) is 4.52. The fraction of sp³-hybridized carbons (Fsp3) is 0.400. The minimum atomic E-state index is -0.648. The van der Waals surface area contributed by atoms with Crippen molar-refractivity contribution in [2.24, 2.45) is 5.73 Å². The Morgan fingerprint density at radius 2 is 2.07 bits per heavy atom. The molecule has 1 aromatic carbocycles. The van der Waals surface area contributed by atoms with Crippen LogP contribution in [0.15, 0.2) is 10.5 Å². The number of benzene rings is 1.